The van der Waals surface area contributed by atoms with Crippen LogP contribution in [0, 0.1) is 11.6 Å². The van der Waals surface area contributed by atoms with Crippen LogP contribution in [0.25, 0.3) is 6.08 Å². The van der Waals surface area contributed by atoms with Crippen LogP contribution in [0.4, 0.5) is 8.78 Å². The molecule has 0 spiro atoms. The van der Waals surface area contributed by atoms with Crippen LogP contribution >= 0.6 is 0 Å². The Labute approximate surface area is 143 Å². The van der Waals surface area contributed by atoms with Gasteiger partial charge in [0.25, 0.3) is 5.91 Å². The van der Waals surface area contributed by atoms with Gasteiger partial charge in [0, 0.05) is 38.3 Å². The quantitative estimate of drug-likeness (QED) is 0.803. The lowest BCUT2D eigenvalue weighted by Gasteiger charge is -2.34. The first-order valence-corrected chi connectivity index (χ1v) is 7.79. The molecule has 0 saturated carbocycles. The van der Waals surface area contributed by atoms with Crippen LogP contribution in [0.5, 0.6) is 0 Å². The Bertz CT molecular complexity index is 795. The second-order valence-electron chi connectivity index (χ2n) is 5.59. The molecular weight excluding hydrogens is 330 g/mol. The van der Waals surface area contributed by atoms with Gasteiger partial charge in [-0.2, -0.15) is 0 Å². The van der Waals surface area contributed by atoms with Crippen molar-refractivity contribution in [1.82, 2.24) is 9.80 Å². The minimum absolute atomic E-state index is 0.168. The molecule has 2 amide bonds. The van der Waals surface area contributed by atoms with E-state index < -0.39 is 17.5 Å². The fraction of sp³-hybridized carbons (Fsp3) is 0.222. The lowest BCUT2D eigenvalue weighted by molar-refractivity contribution is -0.127. The monoisotopic (exact) mass is 346 g/mol. The van der Waals surface area contributed by atoms with E-state index in [0.717, 1.165) is 12.1 Å². The Morgan fingerprint density at radius 2 is 1.76 bits per heavy atom. The zero-order chi connectivity index (χ0) is 17.8. The predicted molar refractivity (Wildman–Crippen MR) is 86.6 cm³/mol. The Kier molecular flexibility index (Phi) is 4.92. The van der Waals surface area contributed by atoms with Crippen molar-refractivity contribution in [3.05, 3.63) is 65.6 Å². The van der Waals surface area contributed by atoms with Crippen molar-refractivity contribution in [3.63, 3.8) is 0 Å². The molecule has 25 heavy (non-hydrogen) atoms. The molecule has 1 aromatic carbocycles. The summed E-state index contributed by atoms with van der Waals surface area (Å²) in [4.78, 5) is 27.5. The molecule has 7 heteroatoms. The standard InChI is InChI=1S/C18H16F2N2O3/c19-13-3-5-15(16(20)12-13)18(24)22-9-7-21(8-10-22)17(23)6-4-14-2-1-11-25-14/h1-6,11-12H,7-10H2. The van der Waals surface area contributed by atoms with Crippen LogP contribution in [0.3, 0.4) is 0 Å². The number of nitrogens with zero attached hydrogens (tertiary/aromatic N) is 2. The zero-order valence-electron chi connectivity index (χ0n) is 13.3. The Balaban J connectivity index is 1.58. The van der Waals surface area contributed by atoms with E-state index in [4.69, 9.17) is 4.42 Å². The highest BCUT2D eigenvalue weighted by atomic mass is 19.1. The summed E-state index contributed by atoms with van der Waals surface area (Å²) in [5, 5.41) is 0. The smallest absolute Gasteiger partial charge is 0.256 e. The highest BCUT2D eigenvalue weighted by Crippen LogP contribution is 2.14. The van der Waals surface area contributed by atoms with Crippen molar-refractivity contribution >= 4 is 17.9 Å². The molecule has 0 radical (unpaired) electrons. The fourth-order valence-corrected chi connectivity index (χ4v) is 2.61. The Morgan fingerprint density at radius 1 is 1.04 bits per heavy atom. The third kappa shape index (κ3) is 3.93. The number of piperazine rings is 1. The van der Waals surface area contributed by atoms with Gasteiger partial charge in [0.2, 0.25) is 5.91 Å². The van der Waals surface area contributed by atoms with E-state index in [-0.39, 0.29) is 24.6 Å². The maximum Gasteiger partial charge on any atom is 0.256 e. The summed E-state index contributed by atoms with van der Waals surface area (Å²) in [5.74, 6) is -1.72. The lowest BCUT2D eigenvalue weighted by atomic mass is 10.1. The van der Waals surface area contributed by atoms with Crippen LogP contribution in [0.2, 0.25) is 0 Å². The molecule has 0 N–H and O–H groups in total. The Morgan fingerprint density at radius 3 is 2.40 bits per heavy atom. The van der Waals surface area contributed by atoms with Gasteiger partial charge in [-0.15, -0.1) is 0 Å². The van der Waals surface area contributed by atoms with Crippen LogP contribution in [0.15, 0.2) is 47.1 Å². The number of rotatable bonds is 3. The molecule has 1 aliphatic heterocycles. The lowest BCUT2D eigenvalue weighted by Crippen LogP contribution is -2.50. The number of carbonyl (C=O) groups excluding carboxylic acids is 2. The van der Waals surface area contributed by atoms with Crippen molar-refractivity contribution < 1.29 is 22.8 Å². The number of furan rings is 1. The number of amides is 2. The van der Waals surface area contributed by atoms with Gasteiger partial charge in [0.15, 0.2) is 0 Å². The average Bonchev–Trinajstić information content (AvgIpc) is 3.13. The van der Waals surface area contributed by atoms with Gasteiger partial charge < -0.3 is 14.2 Å². The van der Waals surface area contributed by atoms with Gasteiger partial charge >= 0.3 is 0 Å². The molecule has 3 rings (SSSR count). The van der Waals surface area contributed by atoms with E-state index in [0.29, 0.717) is 24.9 Å². The van der Waals surface area contributed by atoms with E-state index in [1.165, 1.54) is 17.2 Å². The first-order valence-electron chi connectivity index (χ1n) is 7.79. The number of benzene rings is 1. The normalized spacial score (nSPS) is 15.0. The van der Waals surface area contributed by atoms with Gasteiger partial charge in [-0.25, -0.2) is 8.78 Å². The molecule has 5 nitrogen and oxygen atoms in total. The molecule has 2 heterocycles. The summed E-state index contributed by atoms with van der Waals surface area (Å²) in [5.41, 5.74) is -0.168. The molecule has 2 aromatic rings. The Hall–Kier alpha value is -2.96. The fourth-order valence-electron chi connectivity index (χ4n) is 2.61. The first kappa shape index (κ1) is 16.9. The zero-order valence-corrected chi connectivity index (χ0v) is 13.3. The van der Waals surface area contributed by atoms with Crippen molar-refractivity contribution in [3.8, 4) is 0 Å². The van der Waals surface area contributed by atoms with Crippen LogP contribution < -0.4 is 0 Å². The summed E-state index contributed by atoms with van der Waals surface area (Å²) in [6.07, 6.45) is 4.51. The molecule has 1 saturated heterocycles. The third-order valence-corrected chi connectivity index (χ3v) is 3.97. The maximum atomic E-state index is 13.7. The summed E-state index contributed by atoms with van der Waals surface area (Å²) in [6.45, 7) is 1.26. The van der Waals surface area contributed by atoms with Gasteiger partial charge in [0.1, 0.15) is 17.4 Å². The SMILES string of the molecule is O=C(C=Cc1ccco1)N1CCN(C(=O)c2ccc(F)cc2F)CC1. The van der Waals surface area contributed by atoms with Crippen LogP contribution in [-0.2, 0) is 4.79 Å². The van der Waals surface area contributed by atoms with Crippen LogP contribution in [0.1, 0.15) is 16.1 Å². The molecule has 1 fully saturated rings. The molecule has 0 unspecified atom stereocenters. The molecule has 130 valence electrons. The third-order valence-electron chi connectivity index (χ3n) is 3.97. The first-order chi connectivity index (χ1) is 12.0. The topological polar surface area (TPSA) is 53.8 Å². The summed E-state index contributed by atoms with van der Waals surface area (Å²) in [7, 11) is 0. The van der Waals surface area contributed by atoms with Crippen molar-refractivity contribution in [1.29, 1.82) is 0 Å². The minimum atomic E-state index is -0.884. The number of carbonyl (C=O) groups is 2. The van der Waals surface area contributed by atoms with Gasteiger partial charge in [0.05, 0.1) is 11.8 Å². The molecule has 0 atom stereocenters. The number of hydrogen-bond donors (Lipinski definition) is 0. The van der Waals surface area contributed by atoms with Crippen LogP contribution in [-0.4, -0.2) is 47.8 Å². The van der Waals surface area contributed by atoms with Gasteiger partial charge in [-0.3, -0.25) is 9.59 Å². The van der Waals surface area contributed by atoms with E-state index in [2.05, 4.69) is 0 Å². The second kappa shape index (κ2) is 7.29. The summed E-state index contributed by atoms with van der Waals surface area (Å²) in [6, 6.07) is 6.33. The summed E-state index contributed by atoms with van der Waals surface area (Å²) >= 11 is 0. The summed E-state index contributed by atoms with van der Waals surface area (Å²) < 4.78 is 31.8. The molecular formula is C18H16F2N2O3. The second-order valence-corrected chi connectivity index (χ2v) is 5.59. The van der Waals surface area contributed by atoms with E-state index in [9.17, 15) is 18.4 Å². The van der Waals surface area contributed by atoms with Gasteiger partial charge in [-0.05, 0) is 30.3 Å². The van der Waals surface area contributed by atoms with Gasteiger partial charge in [-0.1, -0.05) is 0 Å². The van der Waals surface area contributed by atoms with Crippen molar-refractivity contribution in [2.75, 3.05) is 26.2 Å². The molecule has 1 aromatic heterocycles. The molecule has 0 bridgehead atoms. The highest BCUT2D eigenvalue weighted by Gasteiger charge is 2.25. The van der Waals surface area contributed by atoms with E-state index >= 15 is 0 Å². The molecule has 1 aliphatic rings. The number of halogens is 2. The van der Waals surface area contributed by atoms with E-state index in [1.807, 2.05) is 0 Å². The average molecular weight is 346 g/mol. The largest absolute Gasteiger partial charge is 0.465 e. The highest BCUT2D eigenvalue weighted by molar-refractivity contribution is 5.95. The van der Waals surface area contributed by atoms with Crippen molar-refractivity contribution in [2.45, 2.75) is 0 Å². The minimum Gasteiger partial charge on any atom is -0.465 e. The molecule has 0 aliphatic carbocycles. The van der Waals surface area contributed by atoms with E-state index in [1.54, 1.807) is 23.1 Å². The van der Waals surface area contributed by atoms with Crippen molar-refractivity contribution in [2.24, 2.45) is 0 Å². The predicted octanol–water partition coefficient (Wildman–Crippen LogP) is 2.56. The maximum absolute atomic E-state index is 13.7. The number of hydrogen-bond acceptors (Lipinski definition) is 3.